The fourth-order valence-electron chi connectivity index (χ4n) is 6.44. The molecule has 3 N–H and O–H groups in total. The van der Waals surface area contributed by atoms with E-state index in [4.69, 9.17) is 0 Å². The topological polar surface area (TPSA) is 96.8 Å². The molecular formula is C24H39N6O3S+. The second-order valence-electron chi connectivity index (χ2n) is 10.6. The van der Waals surface area contributed by atoms with Gasteiger partial charge in [-0.2, -0.15) is 0 Å². The Morgan fingerprint density at radius 2 is 1.91 bits per heavy atom. The van der Waals surface area contributed by atoms with E-state index in [1.165, 1.54) is 29.5 Å². The Hall–Kier alpha value is -1.59. The van der Waals surface area contributed by atoms with Crippen LogP contribution in [-0.2, 0) is 16.4 Å². The molecule has 9 nitrogen and oxygen atoms in total. The quantitative estimate of drug-likeness (QED) is 0.500. The molecule has 0 aliphatic carbocycles. The highest BCUT2D eigenvalue weighted by Gasteiger charge is 2.53. The molecule has 4 fully saturated rings. The van der Waals surface area contributed by atoms with Gasteiger partial charge in [-0.3, -0.25) is 10.6 Å². The second-order valence-corrected chi connectivity index (χ2v) is 12.5. The summed E-state index contributed by atoms with van der Waals surface area (Å²) < 4.78 is 26.1. The molecule has 0 saturated carbocycles. The van der Waals surface area contributed by atoms with Crippen molar-refractivity contribution in [2.24, 2.45) is 11.8 Å². The molecular weight excluding hydrogens is 452 g/mol. The van der Waals surface area contributed by atoms with E-state index in [9.17, 15) is 13.3 Å². The van der Waals surface area contributed by atoms with Crippen LogP contribution in [0.5, 0.6) is 0 Å². The first kappa shape index (κ1) is 24.1. The van der Waals surface area contributed by atoms with Crippen molar-refractivity contribution >= 4 is 10.0 Å². The third kappa shape index (κ3) is 5.31. The van der Waals surface area contributed by atoms with Gasteiger partial charge >= 0.3 is 0 Å². The molecule has 0 spiro atoms. The van der Waals surface area contributed by atoms with Crippen LogP contribution in [0.25, 0.3) is 0 Å². The van der Waals surface area contributed by atoms with Crippen LogP contribution in [0.15, 0.2) is 30.3 Å². The average molecular weight is 492 g/mol. The minimum atomic E-state index is -3.24. The van der Waals surface area contributed by atoms with Crippen LogP contribution in [0.4, 0.5) is 0 Å². The van der Waals surface area contributed by atoms with E-state index in [1.54, 1.807) is 4.31 Å². The lowest BCUT2D eigenvalue weighted by Crippen LogP contribution is -2.71. The fourth-order valence-corrected chi connectivity index (χ4v) is 7.31. The Morgan fingerprint density at radius 1 is 1.09 bits per heavy atom. The van der Waals surface area contributed by atoms with Gasteiger partial charge in [-0.25, -0.2) is 12.7 Å². The molecule has 34 heavy (non-hydrogen) atoms. The second kappa shape index (κ2) is 10.2. The number of nitrogens with one attached hydrogen (secondary N) is 3. The first-order valence-corrected chi connectivity index (χ1v) is 14.7. The van der Waals surface area contributed by atoms with Gasteiger partial charge in [0.1, 0.15) is 4.87 Å². The molecule has 1 aromatic carbocycles. The van der Waals surface area contributed by atoms with Crippen molar-refractivity contribution in [2.75, 3.05) is 45.5 Å². The van der Waals surface area contributed by atoms with Crippen LogP contribution in [0.2, 0.25) is 0 Å². The van der Waals surface area contributed by atoms with E-state index in [2.05, 4.69) is 28.1 Å². The van der Waals surface area contributed by atoms with Crippen LogP contribution >= 0.6 is 0 Å². The Morgan fingerprint density at radius 3 is 2.65 bits per heavy atom. The van der Waals surface area contributed by atoms with Crippen LogP contribution in [0.3, 0.4) is 0 Å². The lowest BCUT2D eigenvalue weighted by molar-refractivity contribution is -0.715. The number of nitrogens with zero attached hydrogens (tertiary/aromatic N) is 3. The fraction of sp³-hybridized carbons (Fsp3) is 0.750. The third-order valence-electron chi connectivity index (χ3n) is 8.18. The zero-order valence-electron chi connectivity index (χ0n) is 20.1. The maximum atomic E-state index is 13.5. The highest BCUT2D eigenvalue weighted by atomic mass is 32.2. The summed E-state index contributed by atoms with van der Waals surface area (Å²) in [5.41, 5.74) is 1.22. The number of piperidine rings is 2. The minimum Gasteiger partial charge on any atom is -0.316 e. The lowest BCUT2D eigenvalue weighted by atomic mass is 9.79. The van der Waals surface area contributed by atoms with Crippen molar-refractivity contribution in [2.45, 2.75) is 56.4 Å². The Kier molecular flexibility index (Phi) is 7.22. The Labute approximate surface area is 203 Å². The van der Waals surface area contributed by atoms with Gasteiger partial charge in [0.2, 0.25) is 10.0 Å². The molecule has 4 heterocycles. The molecule has 4 saturated heterocycles. The molecule has 0 bridgehead atoms. The molecule has 0 amide bonds. The standard InChI is InChI=1S/C24H39N6O3S/c1-34(32,33)29-13-9-20-21(17-29)26-23(14-18-6-3-2-4-7-18)27-24(20)22-10-12-28(30(22)31)16-19-8-5-11-25-15-19/h2-4,6-7,19-27H,5,8-17H2,1H3/q+1. The van der Waals surface area contributed by atoms with E-state index < -0.39 is 10.0 Å². The molecule has 4 aliphatic heterocycles. The number of rotatable bonds is 6. The molecule has 6 atom stereocenters. The van der Waals surface area contributed by atoms with Gasteiger partial charge < -0.3 is 5.32 Å². The molecule has 188 valence electrons. The predicted octanol–water partition coefficient (Wildman–Crippen LogP) is 0.535. The largest absolute Gasteiger partial charge is 0.316 e. The predicted molar refractivity (Wildman–Crippen MR) is 132 cm³/mol. The first-order valence-electron chi connectivity index (χ1n) is 12.8. The summed E-state index contributed by atoms with van der Waals surface area (Å²) in [6.07, 6.45) is 6.05. The van der Waals surface area contributed by atoms with E-state index >= 15 is 0 Å². The van der Waals surface area contributed by atoms with Gasteiger partial charge in [0, 0.05) is 32.0 Å². The summed E-state index contributed by atoms with van der Waals surface area (Å²) in [4.78, 5) is 14.8. The van der Waals surface area contributed by atoms with Gasteiger partial charge in [-0.1, -0.05) is 30.3 Å². The summed E-state index contributed by atoms with van der Waals surface area (Å²) in [5, 5.41) is 13.0. The number of fused-ring (bicyclic) bond motifs is 1. The molecule has 1 aromatic rings. The SMILES string of the molecule is CS(=O)(=O)N1CCC2C(C1)NC(Cc1ccccc1)NC2C1CCN(CC2CCCNC2)[N+]1=O. The van der Waals surface area contributed by atoms with Crippen molar-refractivity contribution in [1.82, 2.24) is 25.3 Å². The normalized spacial score (nSPS) is 35.3. The number of sulfonamides is 1. The number of hydrogen-bond acceptors (Lipinski definition) is 6. The minimum absolute atomic E-state index is 0.00171. The van der Waals surface area contributed by atoms with Crippen LogP contribution in [0, 0.1) is 16.7 Å². The van der Waals surface area contributed by atoms with E-state index in [0.29, 0.717) is 19.0 Å². The van der Waals surface area contributed by atoms with E-state index in [1.807, 2.05) is 23.2 Å². The van der Waals surface area contributed by atoms with Gasteiger partial charge in [0.15, 0.2) is 0 Å². The van der Waals surface area contributed by atoms with Gasteiger partial charge in [0.05, 0.1) is 36.5 Å². The molecule has 5 rings (SSSR count). The van der Waals surface area contributed by atoms with Crippen LogP contribution in [0.1, 0.15) is 31.2 Å². The zero-order chi connectivity index (χ0) is 23.7. The van der Waals surface area contributed by atoms with E-state index in [0.717, 1.165) is 45.4 Å². The number of hydrogen-bond donors (Lipinski definition) is 3. The van der Waals surface area contributed by atoms with Crippen molar-refractivity contribution in [3.05, 3.63) is 40.8 Å². The van der Waals surface area contributed by atoms with Crippen molar-refractivity contribution in [3.8, 4) is 0 Å². The molecule has 10 heteroatoms. The maximum Gasteiger partial charge on any atom is 0.251 e. The van der Waals surface area contributed by atoms with Crippen molar-refractivity contribution < 1.29 is 13.3 Å². The lowest BCUT2D eigenvalue weighted by Gasteiger charge is -2.48. The van der Waals surface area contributed by atoms with Crippen LogP contribution in [-0.4, -0.2) is 92.4 Å². The summed E-state index contributed by atoms with van der Waals surface area (Å²) >= 11 is 0. The summed E-state index contributed by atoms with van der Waals surface area (Å²) in [6.45, 7) is 4.68. The Bertz CT molecular complexity index is 955. The highest BCUT2D eigenvalue weighted by Crippen LogP contribution is 2.32. The monoisotopic (exact) mass is 491 g/mol. The number of nitroso groups, excluding NO2 is 1. The van der Waals surface area contributed by atoms with Crippen molar-refractivity contribution in [3.63, 3.8) is 0 Å². The summed E-state index contributed by atoms with van der Waals surface area (Å²) in [5.74, 6) is 0.754. The summed E-state index contributed by atoms with van der Waals surface area (Å²) in [6, 6.07) is 10.3. The maximum absolute atomic E-state index is 13.5. The van der Waals surface area contributed by atoms with Crippen LogP contribution < -0.4 is 16.0 Å². The van der Waals surface area contributed by atoms with E-state index in [-0.39, 0.29) is 30.2 Å². The smallest absolute Gasteiger partial charge is 0.251 e. The van der Waals surface area contributed by atoms with Gasteiger partial charge in [-0.15, -0.1) is 5.01 Å². The van der Waals surface area contributed by atoms with Gasteiger partial charge in [0.25, 0.3) is 6.04 Å². The Balaban J connectivity index is 1.32. The molecule has 0 aromatic heterocycles. The highest BCUT2D eigenvalue weighted by molar-refractivity contribution is 7.88. The zero-order valence-corrected chi connectivity index (χ0v) is 20.9. The number of hydrazine groups is 1. The van der Waals surface area contributed by atoms with Gasteiger partial charge in [-0.05, 0) is 49.8 Å². The number of benzene rings is 1. The third-order valence-corrected chi connectivity index (χ3v) is 9.45. The van der Waals surface area contributed by atoms with Crippen molar-refractivity contribution in [1.29, 1.82) is 0 Å². The summed E-state index contributed by atoms with van der Waals surface area (Å²) in [7, 11) is -3.24. The molecule has 4 aliphatic rings. The average Bonchev–Trinajstić information content (AvgIpc) is 3.18. The first-order chi connectivity index (χ1) is 16.4. The molecule has 0 radical (unpaired) electrons. The molecule has 6 unspecified atom stereocenters.